The number of nitrogens with one attached hydrogen (secondary N) is 10. The van der Waals surface area contributed by atoms with Gasteiger partial charge >= 0.3 is 5.97 Å². The van der Waals surface area contributed by atoms with Crippen molar-refractivity contribution in [3.8, 4) is 11.5 Å². The highest BCUT2D eigenvalue weighted by molar-refractivity contribution is 7.90. The maximum Gasteiger partial charge on any atom is 0.326 e. The summed E-state index contributed by atoms with van der Waals surface area (Å²) < 4.78 is 71.1. The van der Waals surface area contributed by atoms with E-state index in [-0.39, 0.29) is 60.9 Å². The van der Waals surface area contributed by atoms with Crippen molar-refractivity contribution in [2.45, 2.75) is 167 Å². The van der Waals surface area contributed by atoms with E-state index in [9.17, 15) is 45.9 Å². The molecule has 13 N–H and O–H groups in total. The van der Waals surface area contributed by atoms with Gasteiger partial charge in [0.05, 0.1) is 28.9 Å². The standard InChI is InChI=1S/C48H75N11O12S2/c1-24(2)19-35(44(64)65)57-37(61)23-55-43(63)34(16-14-18-53-46(51)59-73(68,69)41-28(6)26(4)39-32(30(41)8)21-48(11,12)71-39)56-36(60)22-54-42(62)33(49)15-13-17-52-45(50)58-72(66,67)40-27(5)25(3)38-31(29(40)7)20-47(9,10)70-38/h24,33-35H,13-23,49H2,1-12H3,(H,54,62)(H,55,63)(H,56,60)(H,57,61)(H,64,65)(H3,50,52,58)(H3,51,53,59)/t33-,34-,35-/m0/s1. The Morgan fingerprint density at radius 2 is 1.01 bits per heavy atom. The molecule has 0 fully saturated rings. The number of amides is 4. The molecule has 4 amide bonds. The van der Waals surface area contributed by atoms with Crippen molar-refractivity contribution in [3.63, 3.8) is 0 Å². The predicted octanol–water partition coefficient (Wildman–Crippen LogP) is 1.49. The number of benzene rings is 2. The van der Waals surface area contributed by atoms with Crippen LogP contribution in [0.3, 0.4) is 0 Å². The van der Waals surface area contributed by atoms with Crippen LogP contribution in [-0.4, -0.2) is 119 Å². The van der Waals surface area contributed by atoms with Gasteiger partial charge in [-0.05, 0) is 141 Å². The first-order valence-corrected chi connectivity index (χ1v) is 27.1. The lowest BCUT2D eigenvalue weighted by Crippen LogP contribution is -2.53. The molecule has 23 nitrogen and oxygen atoms in total. The van der Waals surface area contributed by atoms with Crippen LogP contribution in [0.2, 0.25) is 0 Å². The van der Waals surface area contributed by atoms with Crippen LogP contribution in [0.1, 0.15) is 118 Å². The lowest BCUT2D eigenvalue weighted by Gasteiger charge is -2.21. The molecule has 2 heterocycles. The highest BCUT2D eigenvalue weighted by Crippen LogP contribution is 2.45. The molecule has 2 aliphatic rings. The molecule has 0 radical (unpaired) electrons. The number of hydrogen-bond acceptors (Lipinski definition) is 14. The van der Waals surface area contributed by atoms with E-state index >= 15 is 0 Å². The topological polar surface area (TPSA) is 362 Å². The number of hydrogen-bond donors (Lipinski definition) is 12. The fourth-order valence-corrected chi connectivity index (χ4v) is 12.0. The molecule has 0 unspecified atom stereocenters. The molecular formula is C48H75N11O12S2. The fourth-order valence-electron chi connectivity index (χ4n) is 8.97. The number of carboxylic acid groups (broad SMARTS) is 1. The second-order valence-electron chi connectivity index (χ2n) is 20.4. The summed E-state index contributed by atoms with van der Waals surface area (Å²) in [4.78, 5) is 63.9. The third-order valence-electron chi connectivity index (χ3n) is 12.7. The van der Waals surface area contributed by atoms with Crippen molar-refractivity contribution < 1.29 is 55.4 Å². The number of fused-ring (bicyclic) bond motifs is 2. The summed E-state index contributed by atoms with van der Waals surface area (Å²) in [5.74, 6) is -4.16. The fraction of sp³-hybridized carbons (Fsp3) is 0.604. The Hall–Kier alpha value is -6.21. The molecule has 3 atom stereocenters. The van der Waals surface area contributed by atoms with E-state index in [2.05, 4.69) is 41.3 Å². The summed E-state index contributed by atoms with van der Waals surface area (Å²) in [5.41, 5.74) is 10.1. The Balaban J connectivity index is 1.30. The van der Waals surface area contributed by atoms with Crippen LogP contribution in [-0.2, 0) is 56.9 Å². The van der Waals surface area contributed by atoms with Gasteiger partial charge in [-0.1, -0.05) is 13.8 Å². The van der Waals surface area contributed by atoms with Gasteiger partial charge in [0.25, 0.3) is 20.0 Å². The molecule has 2 aliphatic heterocycles. The normalized spacial score (nSPS) is 15.5. The first kappa shape index (κ1) is 59.4. The summed E-state index contributed by atoms with van der Waals surface area (Å²) in [6, 6.07) is -3.63. The van der Waals surface area contributed by atoms with E-state index in [4.69, 9.17) is 26.0 Å². The van der Waals surface area contributed by atoms with Crippen molar-refractivity contribution in [2.75, 3.05) is 26.2 Å². The predicted molar refractivity (Wildman–Crippen MR) is 274 cm³/mol. The number of carbonyl (C=O) groups is 5. The van der Waals surface area contributed by atoms with Gasteiger partial charge in [-0.15, -0.1) is 0 Å². The average Bonchev–Trinajstić information content (AvgIpc) is 3.79. The molecule has 25 heteroatoms. The van der Waals surface area contributed by atoms with E-state index in [1.165, 1.54) is 0 Å². The zero-order valence-corrected chi connectivity index (χ0v) is 45.6. The Labute approximate surface area is 428 Å². The van der Waals surface area contributed by atoms with Crippen LogP contribution >= 0.6 is 0 Å². The molecule has 0 spiro atoms. The van der Waals surface area contributed by atoms with Gasteiger partial charge in [-0.3, -0.25) is 30.0 Å². The highest BCUT2D eigenvalue weighted by atomic mass is 32.2. The SMILES string of the molecule is Cc1c(C)c(S(=O)(=O)NC(=N)NCCC[C@H](NC(=O)CNC(=O)[C@@H](N)CCCNC(=N)NS(=O)(=O)c2c(C)c(C)c3c(c2C)CC(C)(C)O3)C(=O)NCC(=O)N[C@@H](CC(C)C)C(=O)O)c(C)c2c1OC(C)(C)C2. The number of carbonyl (C=O) groups excluding carboxylic acids is 4. The molecule has 0 saturated heterocycles. The molecule has 2 aromatic rings. The third kappa shape index (κ3) is 15.4. The van der Waals surface area contributed by atoms with Crippen molar-refractivity contribution in [2.24, 2.45) is 11.7 Å². The molecule has 0 aromatic heterocycles. The largest absolute Gasteiger partial charge is 0.487 e. The van der Waals surface area contributed by atoms with Gasteiger partial charge in [0, 0.05) is 37.1 Å². The van der Waals surface area contributed by atoms with E-state index in [1.54, 1.807) is 55.4 Å². The molecule has 0 bridgehead atoms. The molecule has 0 saturated carbocycles. The molecule has 2 aromatic carbocycles. The lowest BCUT2D eigenvalue weighted by atomic mass is 9.94. The minimum Gasteiger partial charge on any atom is -0.487 e. The van der Waals surface area contributed by atoms with Crippen LogP contribution < -0.4 is 56.6 Å². The Kier molecular flexibility index (Phi) is 19.3. The minimum absolute atomic E-state index is 0.0381. The molecule has 0 aliphatic carbocycles. The summed E-state index contributed by atoms with van der Waals surface area (Å²) in [5, 5.41) is 41.2. The van der Waals surface area contributed by atoms with Crippen molar-refractivity contribution in [1.82, 2.24) is 41.3 Å². The van der Waals surface area contributed by atoms with Crippen molar-refractivity contribution >= 4 is 61.6 Å². The number of carboxylic acids is 1. The van der Waals surface area contributed by atoms with Gasteiger partial charge in [0.1, 0.15) is 34.8 Å². The van der Waals surface area contributed by atoms with E-state index in [1.807, 2.05) is 27.7 Å². The van der Waals surface area contributed by atoms with Gasteiger partial charge < -0.3 is 52.2 Å². The molecule has 73 heavy (non-hydrogen) atoms. The summed E-state index contributed by atoms with van der Waals surface area (Å²) in [6.07, 6.45) is 1.44. The Morgan fingerprint density at radius 3 is 1.42 bits per heavy atom. The van der Waals surface area contributed by atoms with Gasteiger partial charge in [0.2, 0.25) is 35.5 Å². The van der Waals surface area contributed by atoms with Crippen molar-refractivity contribution in [3.05, 3.63) is 44.5 Å². The third-order valence-corrected chi connectivity index (χ3v) is 16.0. The van der Waals surface area contributed by atoms with Crippen LogP contribution in [0.15, 0.2) is 9.79 Å². The second kappa shape index (κ2) is 23.8. The number of aliphatic carboxylic acids is 1. The lowest BCUT2D eigenvalue weighted by molar-refractivity contribution is -0.142. The zero-order chi connectivity index (χ0) is 55.1. The Bertz CT molecular complexity index is 2740. The maximum absolute atomic E-state index is 13.6. The number of sulfonamides is 2. The monoisotopic (exact) mass is 1060 g/mol. The molecule has 406 valence electrons. The number of rotatable bonds is 23. The Morgan fingerprint density at radius 1 is 0.616 bits per heavy atom. The van der Waals surface area contributed by atoms with Crippen LogP contribution in [0, 0.1) is 58.3 Å². The molecule has 4 rings (SSSR count). The maximum atomic E-state index is 13.6. The first-order chi connectivity index (χ1) is 33.7. The zero-order valence-electron chi connectivity index (χ0n) is 43.9. The average molecular weight is 1060 g/mol. The quantitative estimate of drug-likeness (QED) is 0.0426. The molecular weight excluding hydrogens is 987 g/mol. The van der Waals surface area contributed by atoms with Crippen LogP contribution in [0.4, 0.5) is 0 Å². The summed E-state index contributed by atoms with van der Waals surface area (Å²) >= 11 is 0. The first-order valence-electron chi connectivity index (χ1n) is 24.1. The van der Waals surface area contributed by atoms with Gasteiger partial charge in [0.15, 0.2) is 0 Å². The summed E-state index contributed by atoms with van der Waals surface area (Å²) in [6.45, 7) is 20.4. The smallest absolute Gasteiger partial charge is 0.326 e. The van der Waals surface area contributed by atoms with Gasteiger partial charge in [-0.2, -0.15) is 0 Å². The number of guanidine groups is 2. The van der Waals surface area contributed by atoms with Crippen molar-refractivity contribution in [1.29, 1.82) is 10.8 Å². The van der Waals surface area contributed by atoms with Crippen LogP contribution in [0.25, 0.3) is 0 Å². The minimum atomic E-state index is -4.24. The van der Waals surface area contributed by atoms with E-state index < -0.39 is 104 Å². The number of nitrogens with two attached hydrogens (primary N) is 1. The second-order valence-corrected chi connectivity index (χ2v) is 23.7. The highest BCUT2D eigenvalue weighted by Gasteiger charge is 2.38. The number of ether oxygens (including phenoxy) is 2. The summed E-state index contributed by atoms with van der Waals surface area (Å²) in [7, 11) is -8.41. The van der Waals surface area contributed by atoms with E-state index in [0.717, 1.165) is 11.1 Å². The van der Waals surface area contributed by atoms with Crippen LogP contribution in [0.5, 0.6) is 11.5 Å². The van der Waals surface area contributed by atoms with Gasteiger partial charge in [-0.25, -0.2) is 31.1 Å². The van der Waals surface area contributed by atoms with E-state index in [0.29, 0.717) is 57.7 Å².